The van der Waals surface area contributed by atoms with Gasteiger partial charge in [-0.3, -0.25) is 4.79 Å². The van der Waals surface area contributed by atoms with Crippen molar-refractivity contribution in [1.82, 2.24) is 9.97 Å². The SMILES string of the molecule is O=C(Nc1cc2ccccc2cn1)c1ccccc1NCc1ccnc(Br)c1. The summed E-state index contributed by atoms with van der Waals surface area (Å²) in [5.74, 6) is 0.318. The van der Waals surface area contributed by atoms with Gasteiger partial charge in [0, 0.05) is 30.0 Å². The molecule has 0 aliphatic heterocycles. The van der Waals surface area contributed by atoms with Crippen molar-refractivity contribution in [3.05, 3.63) is 94.9 Å². The van der Waals surface area contributed by atoms with Crippen LogP contribution in [-0.2, 0) is 6.54 Å². The Morgan fingerprint density at radius 3 is 2.57 bits per heavy atom. The van der Waals surface area contributed by atoms with E-state index in [0.29, 0.717) is 17.9 Å². The smallest absolute Gasteiger partial charge is 0.258 e. The fraction of sp³-hybridized carbons (Fsp3) is 0.0455. The molecule has 1 amide bonds. The van der Waals surface area contributed by atoms with Crippen molar-refractivity contribution in [3.63, 3.8) is 0 Å². The van der Waals surface area contributed by atoms with Crippen molar-refractivity contribution < 1.29 is 4.79 Å². The molecule has 0 bridgehead atoms. The van der Waals surface area contributed by atoms with Crippen molar-refractivity contribution in [2.24, 2.45) is 0 Å². The molecule has 6 heteroatoms. The van der Waals surface area contributed by atoms with E-state index in [1.807, 2.05) is 60.7 Å². The molecule has 2 N–H and O–H groups in total. The Morgan fingerprint density at radius 2 is 1.71 bits per heavy atom. The number of carbonyl (C=O) groups is 1. The maximum absolute atomic E-state index is 12.8. The first-order valence-electron chi connectivity index (χ1n) is 8.78. The zero-order valence-corrected chi connectivity index (χ0v) is 16.5. The van der Waals surface area contributed by atoms with E-state index in [2.05, 4.69) is 36.5 Å². The van der Waals surface area contributed by atoms with Gasteiger partial charge in [0.1, 0.15) is 10.4 Å². The van der Waals surface area contributed by atoms with Crippen LogP contribution in [0.2, 0.25) is 0 Å². The highest BCUT2D eigenvalue weighted by atomic mass is 79.9. The maximum atomic E-state index is 12.8. The fourth-order valence-electron chi connectivity index (χ4n) is 2.92. The molecule has 0 atom stereocenters. The van der Waals surface area contributed by atoms with Gasteiger partial charge in [-0.05, 0) is 57.2 Å². The first-order chi connectivity index (χ1) is 13.7. The lowest BCUT2D eigenvalue weighted by molar-refractivity contribution is 0.102. The van der Waals surface area contributed by atoms with Gasteiger partial charge in [0.15, 0.2) is 0 Å². The number of pyridine rings is 2. The molecule has 138 valence electrons. The molecule has 0 fully saturated rings. The van der Waals surface area contributed by atoms with Crippen molar-refractivity contribution in [2.45, 2.75) is 6.54 Å². The number of hydrogen-bond donors (Lipinski definition) is 2. The van der Waals surface area contributed by atoms with E-state index in [1.54, 1.807) is 18.5 Å². The number of rotatable bonds is 5. The van der Waals surface area contributed by atoms with E-state index < -0.39 is 0 Å². The lowest BCUT2D eigenvalue weighted by atomic mass is 10.1. The highest BCUT2D eigenvalue weighted by Crippen LogP contribution is 2.20. The van der Waals surface area contributed by atoms with Gasteiger partial charge >= 0.3 is 0 Å². The summed E-state index contributed by atoms with van der Waals surface area (Å²) in [6.07, 6.45) is 3.50. The molecule has 0 spiro atoms. The zero-order chi connectivity index (χ0) is 19.3. The molecule has 4 aromatic rings. The lowest BCUT2D eigenvalue weighted by Crippen LogP contribution is -2.15. The van der Waals surface area contributed by atoms with Gasteiger partial charge in [-0.25, -0.2) is 9.97 Å². The Morgan fingerprint density at radius 1 is 0.929 bits per heavy atom. The summed E-state index contributed by atoms with van der Waals surface area (Å²) < 4.78 is 0.778. The molecule has 2 aromatic carbocycles. The minimum absolute atomic E-state index is 0.207. The summed E-state index contributed by atoms with van der Waals surface area (Å²) in [6.45, 7) is 0.583. The molecule has 2 aromatic heterocycles. The molecule has 0 radical (unpaired) electrons. The quantitative estimate of drug-likeness (QED) is 0.422. The van der Waals surface area contributed by atoms with Gasteiger partial charge in [-0.2, -0.15) is 0 Å². The van der Waals surface area contributed by atoms with Crippen LogP contribution in [0, 0.1) is 0 Å². The van der Waals surface area contributed by atoms with Crippen molar-refractivity contribution >= 4 is 44.1 Å². The van der Waals surface area contributed by atoms with Gasteiger partial charge in [0.2, 0.25) is 0 Å². The Labute approximate surface area is 171 Å². The van der Waals surface area contributed by atoms with Gasteiger partial charge in [0.05, 0.1) is 5.56 Å². The molecular formula is C22H17BrN4O. The molecule has 0 aliphatic rings. The summed E-state index contributed by atoms with van der Waals surface area (Å²) in [4.78, 5) is 21.3. The predicted molar refractivity (Wildman–Crippen MR) is 115 cm³/mol. The van der Waals surface area contributed by atoms with E-state index in [-0.39, 0.29) is 5.91 Å². The summed E-state index contributed by atoms with van der Waals surface area (Å²) in [5, 5.41) is 8.28. The Hall–Kier alpha value is -3.25. The van der Waals surface area contributed by atoms with Crippen molar-refractivity contribution in [1.29, 1.82) is 0 Å². The van der Waals surface area contributed by atoms with E-state index in [9.17, 15) is 4.79 Å². The van der Waals surface area contributed by atoms with Gasteiger partial charge in [-0.1, -0.05) is 36.4 Å². The number of hydrogen-bond acceptors (Lipinski definition) is 4. The van der Waals surface area contributed by atoms with Crippen LogP contribution in [0.1, 0.15) is 15.9 Å². The molecule has 2 heterocycles. The third-order valence-electron chi connectivity index (χ3n) is 4.32. The lowest BCUT2D eigenvalue weighted by Gasteiger charge is -2.12. The number of aromatic nitrogens is 2. The average Bonchev–Trinajstić information content (AvgIpc) is 2.72. The monoisotopic (exact) mass is 432 g/mol. The van der Waals surface area contributed by atoms with Crippen molar-refractivity contribution in [3.8, 4) is 0 Å². The summed E-state index contributed by atoms with van der Waals surface area (Å²) >= 11 is 3.37. The number of nitrogens with one attached hydrogen (secondary N) is 2. The Bertz CT molecular complexity index is 1150. The number of amides is 1. The van der Waals surface area contributed by atoms with E-state index >= 15 is 0 Å². The number of anilines is 2. The van der Waals surface area contributed by atoms with Gasteiger partial charge in [-0.15, -0.1) is 0 Å². The fourth-order valence-corrected chi connectivity index (χ4v) is 3.33. The number of benzene rings is 2. The Kier molecular flexibility index (Phi) is 5.30. The van der Waals surface area contributed by atoms with Gasteiger partial charge in [0.25, 0.3) is 5.91 Å². The van der Waals surface area contributed by atoms with Crippen LogP contribution >= 0.6 is 15.9 Å². The van der Waals surface area contributed by atoms with E-state index in [0.717, 1.165) is 26.6 Å². The minimum atomic E-state index is -0.207. The maximum Gasteiger partial charge on any atom is 0.258 e. The summed E-state index contributed by atoms with van der Waals surface area (Å²) in [7, 11) is 0. The second-order valence-electron chi connectivity index (χ2n) is 6.26. The van der Waals surface area contributed by atoms with Gasteiger partial charge < -0.3 is 10.6 Å². The molecule has 0 aliphatic carbocycles. The van der Waals surface area contributed by atoms with Crippen LogP contribution < -0.4 is 10.6 Å². The molecule has 4 rings (SSSR count). The average molecular weight is 433 g/mol. The second-order valence-corrected chi connectivity index (χ2v) is 7.07. The standard InChI is InChI=1S/C22H17BrN4O/c23-20-11-15(9-10-24-20)13-25-19-8-4-3-7-18(19)22(28)27-21-12-16-5-1-2-6-17(16)14-26-21/h1-12,14,25H,13H2,(H,26,27,28). The van der Waals surface area contributed by atoms with Crippen molar-refractivity contribution in [2.75, 3.05) is 10.6 Å². The molecule has 0 unspecified atom stereocenters. The predicted octanol–water partition coefficient (Wildman–Crippen LogP) is 5.26. The first-order valence-corrected chi connectivity index (χ1v) is 9.58. The number of para-hydroxylation sites is 1. The molecule has 5 nitrogen and oxygen atoms in total. The molecule has 0 saturated carbocycles. The third-order valence-corrected chi connectivity index (χ3v) is 4.75. The van der Waals surface area contributed by atoms with Crippen LogP contribution in [0.4, 0.5) is 11.5 Å². The van der Waals surface area contributed by atoms with E-state index in [1.165, 1.54) is 0 Å². The van der Waals surface area contributed by atoms with Crippen LogP contribution in [0.25, 0.3) is 10.8 Å². The number of halogens is 1. The van der Waals surface area contributed by atoms with Crippen LogP contribution in [-0.4, -0.2) is 15.9 Å². The third kappa shape index (κ3) is 4.18. The Balaban J connectivity index is 1.52. The number of carbonyl (C=O) groups excluding carboxylic acids is 1. The summed E-state index contributed by atoms with van der Waals surface area (Å²) in [6, 6.07) is 21.1. The minimum Gasteiger partial charge on any atom is -0.380 e. The van der Waals surface area contributed by atoms with E-state index in [4.69, 9.17) is 0 Å². The first kappa shape index (κ1) is 18.1. The molecule has 28 heavy (non-hydrogen) atoms. The highest BCUT2D eigenvalue weighted by molar-refractivity contribution is 9.10. The number of nitrogens with zero attached hydrogens (tertiary/aromatic N) is 2. The normalized spacial score (nSPS) is 10.6. The second kappa shape index (κ2) is 8.19. The topological polar surface area (TPSA) is 66.9 Å². The largest absolute Gasteiger partial charge is 0.380 e. The summed E-state index contributed by atoms with van der Waals surface area (Å²) in [5.41, 5.74) is 2.38. The van der Waals surface area contributed by atoms with Crippen LogP contribution in [0.5, 0.6) is 0 Å². The molecule has 0 saturated heterocycles. The van der Waals surface area contributed by atoms with Crippen LogP contribution in [0.3, 0.4) is 0 Å². The highest BCUT2D eigenvalue weighted by Gasteiger charge is 2.12. The molecular weight excluding hydrogens is 416 g/mol. The number of fused-ring (bicyclic) bond motifs is 1. The van der Waals surface area contributed by atoms with Crippen LogP contribution in [0.15, 0.2) is 83.7 Å². The zero-order valence-electron chi connectivity index (χ0n) is 14.9.